The van der Waals surface area contributed by atoms with Crippen LogP contribution >= 0.6 is 0 Å². The third-order valence-corrected chi connectivity index (χ3v) is 5.94. The zero-order valence-corrected chi connectivity index (χ0v) is 19.3. The van der Waals surface area contributed by atoms with Gasteiger partial charge in [-0.25, -0.2) is 19.2 Å². The van der Waals surface area contributed by atoms with Crippen LogP contribution in [0.15, 0.2) is 84.9 Å². The van der Waals surface area contributed by atoms with Crippen LogP contribution in [0.5, 0.6) is 23.0 Å². The molecule has 0 spiro atoms. The summed E-state index contributed by atoms with van der Waals surface area (Å²) in [6.07, 6.45) is 0. The van der Waals surface area contributed by atoms with Crippen LogP contribution < -0.4 is 9.47 Å². The molecule has 0 aliphatic carbocycles. The summed E-state index contributed by atoms with van der Waals surface area (Å²) < 4.78 is 21.4. The molecule has 4 aromatic carbocycles. The minimum atomic E-state index is -0.805. The zero-order valence-electron chi connectivity index (χ0n) is 19.3. The van der Waals surface area contributed by atoms with Crippen LogP contribution in [0.3, 0.4) is 0 Å². The molecule has 9 heteroatoms. The molecule has 0 bridgehead atoms. The van der Waals surface area contributed by atoms with Crippen molar-refractivity contribution in [2.45, 2.75) is 0 Å². The van der Waals surface area contributed by atoms with Crippen molar-refractivity contribution >= 4 is 29.7 Å². The van der Waals surface area contributed by atoms with Gasteiger partial charge >= 0.3 is 23.9 Å². The maximum absolute atomic E-state index is 13.4. The second-order valence-corrected chi connectivity index (χ2v) is 8.30. The highest BCUT2D eigenvalue weighted by atomic mass is 16.6. The van der Waals surface area contributed by atoms with E-state index in [4.69, 9.17) is 9.47 Å². The van der Waals surface area contributed by atoms with Crippen molar-refractivity contribution in [2.75, 3.05) is 0 Å². The Balaban J connectivity index is 1.43. The number of esters is 4. The first-order valence-electron chi connectivity index (χ1n) is 11.3. The van der Waals surface area contributed by atoms with E-state index in [0.717, 1.165) is 0 Å². The smallest absolute Gasteiger partial charge is 0.347 e. The summed E-state index contributed by atoms with van der Waals surface area (Å²) in [7, 11) is 0. The minimum Gasteiger partial charge on any atom is -0.453 e. The lowest BCUT2D eigenvalue weighted by Crippen LogP contribution is -2.05. The molecule has 0 amide bonds. The number of benzene rings is 4. The molecule has 4 aromatic rings. The molecule has 0 aromatic heterocycles. The number of para-hydroxylation sites is 1. The monoisotopic (exact) mass is 506 g/mol. The summed E-state index contributed by atoms with van der Waals surface area (Å²) >= 11 is 0. The zero-order chi connectivity index (χ0) is 26.4. The molecule has 38 heavy (non-hydrogen) atoms. The predicted molar refractivity (Wildman–Crippen MR) is 129 cm³/mol. The van der Waals surface area contributed by atoms with E-state index in [1.165, 1.54) is 36.4 Å². The van der Waals surface area contributed by atoms with E-state index in [-0.39, 0.29) is 56.6 Å². The second-order valence-electron chi connectivity index (χ2n) is 8.30. The summed E-state index contributed by atoms with van der Waals surface area (Å²) in [6, 6.07) is 21.7. The summed E-state index contributed by atoms with van der Waals surface area (Å²) in [5.74, 6) is -2.98. The molecule has 0 saturated heterocycles. The van der Waals surface area contributed by atoms with Crippen molar-refractivity contribution in [1.29, 1.82) is 0 Å². The Labute approximate surface area is 214 Å². The number of carbonyl (C=O) groups excluding carboxylic acids is 5. The lowest BCUT2D eigenvalue weighted by Gasteiger charge is -2.16. The van der Waals surface area contributed by atoms with Gasteiger partial charge in [0.1, 0.15) is 11.5 Å². The van der Waals surface area contributed by atoms with Gasteiger partial charge in [-0.15, -0.1) is 0 Å². The average Bonchev–Trinajstić information content (AvgIpc) is 3.37. The first kappa shape index (κ1) is 22.9. The van der Waals surface area contributed by atoms with Gasteiger partial charge in [-0.1, -0.05) is 36.4 Å². The van der Waals surface area contributed by atoms with E-state index in [0.29, 0.717) is 5.56 Å². The molecule has 9 nitrogen and oxygen atoms in total. The van der Waals surface area contributed by atoms with Crippen LogP contribution in [0, 0.1) is 0 Å². The second kappa shape index (κ2) is 8.82. The Kier molecular flexibility index (Phi) is 5.31. The topological polar surface area (TPSA) is 122 Å². The SMILES string of the molecule is O=C1OC(=O)c2cc(Oc3cccc(C(=O)c4ccccc4)c3Oc3ccc4c(c3)C(=O)OC4=O)ccc21. The standard InChI is InChI=1S/C29H14O9/c30-24(15-5-2-1-3-6-15)20-7-4-8-23(35-16-9-11-18-21(13-16)28(33)37-26(18)31)25(20)36-17-10-12-19-22(14-17)29(34)38-27(19)32/h1-14H. The van der Waals surface area contributed by atoms with Crippen molar-refractivity contribution in [3.05, 3.63) is 118 Å². The fraction of sp³-hybridized carbons (Fsp3) is 0. The lowest BCUT2D eigenvalue weighted by atomic mass is 10.0. The van der Waals surface area contributed by atoms with Crippen LogP contribution in [0.1, 0.15) is 57.4 Å². The molecule has 0 radical (unpaired) electrons. The highest BCUT2D eigenvalue weighted by Crippen LogP contribution is 2.40. The maximum atomic E-state index is 13.4. The molecule has 2 aliphatic rings. The molecule has 0 fully saturated rings. The number of fused-ring (bicyclic) bond motifs is 2. The number of ether oxygens (including phenoxy) is 4. The number of carbonyl (C=O) groups is 5. The number of rotatable bonds is 6. The highest BCUT2D eigenvalue weighted by Gasteiger charge is 2.32. The Morgan fingerprint density at radius 3 is 1.71 bits per heavy atom. The fourth-order valence-corrected chi connectivity index (χ4v) is 4.13. The maximum Gasteiger partial charge on any atom is 0.347 e. The lowest BCUT2D eigenvalue weighted by molar-refractivity contribution is 0.0425. The van der Waals surface area contributed by atoms with Gasteiger partial charge in [-0.2, -0.15) is 0 Å². The van der Waals surface area contributed by atoms with Gasteiger partial charge in [0.2, 0.25) is 0 Å². The molecular weight excluding hydrogens is 492 g/mol. The minimum absolute atomic E-state index is 0.0261. The number of hydrogen-bond donors (Lipinski definition) is 0. The highest BCUT2D eigenvalue weighted by molar-refractivity contribution is 6.15. The van der Waals surface area contributed by atoms with E-state index in [1.807, 2.05) is 0 Å². The molecule has 0 atom stereocenters. The van der Waals surface area contributed by atoms with Crippen molar-refractivity contribution in [3.8, 4) is 23.0 Å². The van der Waals surface area contributed by atoms with E-state index >= 15 is 0 Å². The molecule has 2 heterocycles. The summed E-state index contributed by atoms with van der Waals surface area (Å²) in [4.78, 5) is 61.1. The van der Waals surface area contributed by atoms with Crippen LogP contribution in [0.25, 0.3) is 0 Å². The largest absolute Gasteiger partial charge is 0.453 e. The fourth-order valence-electron chi connectivity index (χ4n) is 4.13. The Morgan fingerprint density at radius 2 is 1.11 bits per heavy atom. The molecule has 2 aliphatic heterocycles. The quantitative estimate of drug-likeness (QED) is 0.199. The first-order chi connectivity index (χ1) is 18.4. The average molecular weight is 506 g/mol. The number of ketones is 1. The Hall–Kier alpha value is -5.57. The van der Waals surface area contributed by atoms with Crippen molar-refractivity contribution < 1.29 is 42.9 Å². The summed E-state index contributed by atoms with van der Waals surface area (Å²) in [5.41, 5.74) is 0.857. The van der Waals surface area contributed by atoms with Crippen LogP contribution in [-0.2, 0) is 9.47 Å². The van der Waals surface area contributed by atoms with Crippen LogP contribution in [-0.4, -0.2) is 29.7 Å². The van der Waals surface area contributed by atoms with Gasteiger partial charge in [-0.3, -0.25) is 4.79 Å². The molecule has 0 N–H and O–H groups in total. The van der Waals surface area contributed by atoms with Crippen molar-refractivity contribution in [1.82, 2.24) is 0 Å². The van der Waals surface area contributed by atoms with Crippen molar-refractivity contribution in [3.63, 3.8) is 0 Å². The predicted octanol–water partition coefficient (Wildman–Crippen LogP) is 5.12. The molecular formula is C29H14O9. The van der Waals surface area contributed by atoms with Gasteiger partial charge in [0, 0.05) is 5.56 Å². The van der Waals surface area contributed by atoms with E-state index in [9.17, 15) is 24.0 Å². The van der Waals surface area contributed by atoms with E-state index < -0.39 is 23.9 Å². The summed E-state index contributed by atoms with van der Waals surface area (Å²) in [6.45, 7) is 0. The Morgan fingerprint density at radius 1 is 0.553 bits per heavy atom. The van der Waals surface area contributed by atoms with Gasteiger partial charge in [0.25, 0.3) is 0 Å². The summed E-state index contributed by atoms with van der Waals surface area (Å²) in [5, 5.41) is 0. The normalized spacial score (nSPS) is 13.5. The molecule has 0 saturated carbocycles. The molecule has 184 valence electrons. The van der Waals surface area contributed by atoms with Crippen LogP contribution in [0.2, 0.25) is 0 Å². The first-order valence-corrected chi connectivity index (χ1v) is 11.3. The van der Waals surface area contributed by atoms with Crippen LogP contribution in [0.4, 0.5) is 0 Å². The van der Waals surface area contributed by atoms with E-state index in [2.05, 4.69) is 9.47 Å². The van der Waals surface area contributed by atoms with Gasteiger partial charge in [-0.05, 0) is 48.5 Å². The van der Waals surface area contributed by atoms with Gasteiger partial charge in [0.15, 0.2) is 17.3 Å². The third kappa shape index (κ3) is 3.88. The number of cyclic esters (lactones) is 4. The third-order valence-electron chi connectivity index (χ3n) is 5.94. The van der Waals surface area contributed by atoms with Gasteiger partial charge < -0.3 is 18.9 Å². The van der Waals surface area contributed by atoms with Crippen molar-refractivity contribution in [2.24, 2.45) is 0 Å². The van der Waals surface area contributed by atoms with Gasteiger partial charge in [0.05, 0.1) is 27.8 Å². The van der Waals surface area contributed by atoms with E-state index in [1.54, 1.807) is 48.5 Å². The molecule has 6 rings (SSSR count). The Bertz CT molecular complexity index is 1700. The number of hydrogen-bond acceptors (Lipinski definition) is 9. The molecule has 0 unspecified atom stereocenters.